The maximum atomic E-state index is 10.4. The van der Waals surface area contributed by atoms with Crippen molar-refractivity contribution in [1.29, 1.82) is 5.26 Å². The lowest BCUT2D eigenvalue weighted by atomic mass is 10.3. The van der Waals surface area contributed by atoms with Crippen molar-refractivity contribution in [3.63, 3.8) is 0 Å². The van der Waals surface area contributed by atoms with Crippen LogP contribution in [0, 0.1) is 11.3 Å². The lowest BCUT2D eigenvalue weighted by Crippen LogP contribution is -2.28. The number of carboxylic acid groups (broad SMARTS) is 1. The fourth-order valence-corrected chi connectivity index (χ4v) is 1.52. The van der Waals surface area contributed by atoms with Gasteiger partial charge in [0, 0.05) is 32.0 Å². The number of hydrogen-bond acceptors (Lipinski definition) is 4. The van der Waals surface area contributed by atoms with Gasteiger partial charge in [-0.25, -0.2) is 4.98 Å². The number of nitrogens with zero attached hydrogens (tertiary/aromatic N) is 4. The molecule has 0 saturated heterocycles. The lowest BCUT2D eigenvalue weighted by Gasteiger charge is -2.17. The largest absolute Gasteiger partial charge is 0.481 e. The first-order chi connectivity index (χ1) is 8.22. The molecule has 0 fully saturated rings. The van der Waals surface area contributed by atoms with E-state index in [1.807, 2.05) is 21.7 Å². The van der Waals surface area contributed by atoms with E-state index in [0.29, 0.717) is 6.54 Å². The number of aromatic nitrogens is 2. The molecule has 1 aromatic heterocycles. The Balaban J connectivity index is 2.24. The zero-order valence-corrected chi connectivity index (χ0v) is 9.62. The number of aliphatic carboxylic acids is 1. The molecule has 92 valence electrons. The number of nitriles is 1. The maximum Gasteiger partial charge on any atom is 0.304 e. The maximum absolute atomic E-state index is 10.4. The molecule has 6 heteroatoms. The van der Waals surface area contributed by atoms with Gasteiger partial charge in [0.05, 0.1) is 25.4 Å². The van der Waals surface area contributed by atoms with E-state index in [4.69, 9.17) is 10.4 Å². The summed E-state index contributed by atoms with van der Waals surface area (Å²) in [6.45, 7) is 2.25. The van der Waals surface area contributed by atoms with Gasteiger partial charge in [0.25, 0.3) is 0 Å². The Bertz CT molecular complexity index is 369. The Morgan fingerprint density at radius 2 is 2.35 bits per heavy atom. The van der Waals surface area contributed by atoms with Gasteiger partial charge in [0.15, 0.2) is 0 Å². The minimum Gasteiger partial charge on any atom is -0.481 e. The predicted octanol–water partition coefficient (Wildman–Crippen LogP) is 0.573. The predicted molar refractivity (Wildman–Crippen MR) is 61.1 cm³/mol. The van der Waals surface area contributed by atoms with E-state index in [1.165, 1.54) is 0 Å². The monoisotopic (exact) mass is 236 g/mol. The van der Waals surface area contributed by atoms with Crippen LogP contribution in [0.5, 0.6) is 0 Å². The summed E-state index contributed by atoms with van der Waals surface area (Å²) in [5.41, 5.74) is 0. The highest BCUT2D eigenvalue weighted by Gasteiger charge is 2.06. The minimum atomic E-state index is -0.831. The van der Waals surface area contributed by atoms with Crippen LogP contribution in [0.1, 0.15) is 12.8 Å². The second kappa shape index (κ2) is 7.41. The van der Waals surface area contributed by atoms with Crippen molar-refractivity contribution in [1.82, 2.24) is 14.5 Å². The number of imidazole rings is 1. The van der Waals surface area contributed by atoms with Crippen LogP contribution in [0.3, 0.4) is 0 Å². The molecule has 1 heterocycles. The molecule has 0 unspecified atom stereocenters. The molecule has 0 aliphatic heterocycles. The molecule has 0 atom stereocenters. The zero-order valence-electron chi connectivity index (χ0n) is 9.62. The molecule has 1 aromatic rings. The van der Waals surface area contributed by atoms with Gasteiger partial charge in [-0.05, 0) is 6.42 Å². The zero-order chi connectivity index (χ0) is 12.5. The smallest absolute Gasteiger partial charge is 0.304 e. The summed E-state index contributed by atoms with van der Waals surface area (Å²) >= 11 is 0. The first-order valence-electron chi connectivity index (χ1n) is 5.49. The molecule has 0 radical (unpaired) electrons. The van der Waals surface area contributed by atoms with E-state index < -0.39 is 5.97 Å². The van der Waals surface area contributed by atoms with Gasteiger partial charge in [-0.1, -0.05) is 0 Å². The average Bonchev–Trinajstić information content (AvgIpc) is 2.78. The van der Waals surface area contributed by atoms with Crippen molar-refractivity contribution in [2.24, 2.45) is 0 Å². The standard InChI is InChI=1S/C11H16N4O2/c12-3-8-14(7-2-11(16)17)5-1-6-15-9-4-13-10-15/h4,9-10H,1-2,5-8H2,(H,16,17). The van der Waals surface area contributed by atoms with Crippen molar-refractivity contribution < 1.29 is 9.90 Å². The van der Waals surface area contributed by atoms with Crippen molar-refractivity contribution in [2.75, 3.05) is 19.6 Å². The van der Waals surface area contributed by atoms with E-state index in [2.05, 4.69) is 4.98 Å². The molecule has 17 heavy (non-hydrogen) atoms. The molecule has 0 spiro atoms. The number of hydrogen-bond donors (Lipinski definition) is 1. The highest BCUT2D eigenvalue weighted by molar-refractivity contribution is 5.66. The van der Waals surface area contributed by atoms with E-state index in [1.54, 1.807) is 12.5 Å². The molecule has 0 aliphatic carbocycles. The molecule has 0 bridgehead atoms. The minimum absolute atomic E-state index is 0.0761. The summed E-state index contributed by atoms with van der Waals surface area (Å²) in [5.74, 6) is -0.831. The van der Waals surface area contributed by atoms with Crippen LogP contribution >= 0.6 is 0 Å². The fourth-order valence-electron chi connectivity index (χ4n) is 1.52. The Morgan fingerprint density at radius 3 is 2.94 bits per heavy atom. The third kappa shape index (κ3) is 5.68. The number of carboxylic acids is 1. The van der Waals surface area contributed by atoms with Crippen LogP contribution in [-0.4, -0.2) is 45.2 Å². The van der Waals surface area contributed by atoms with Crippen LogP contribution in [0.25, 0.3) is 0 Å². The van der Waals surface area contributed by atoms with Crippen LogP contribution in [0.2, 0.25) is 0 Å². The normalized spacial score (nSPS) is 10.4. The Hall–Kier alpha value is -1.87. The van der Waals surface area contributed by atoms with Gasteiger partial charge in [-0.2, -0.15) is 5.26 Å². The molecule has 1 N–H and O–H groups in total. The van der Waals surface area contributed by atoms with Gasteiger partial charge in [-0.15, -0.1) is 0 Å². The summed E-state index contributed by atoms with van der Waals surface area (Å²) in [6, 6.07) is 2.05. The highest BCUT2D eigenvalue weighted by atomic mass is 16.4. The molecular weight excluding hydrogens is 220 g/mol. The Morgan fingerprint density at radius 1 is 1.53 bits per heavy atom. The van der Waals surface area contributed by atoms with Gasteiger partial charge in [0.1, 0.15) is 0 Å². The molecule has 0 aromatic carbocycles. The number of rotatable bonds is 8. The summed E-state index contributed by atoms with van der Waals surface area (Å²) in [7, 11) is 0. The van der Waals surface area contributed by atoms with Gasteiger partial charge in [-0.3, -0.25) is 9.69 Å². The van der Waals surface area contributed by atoms with Crippen molar-refractivity contribution in [2.45, 2.75) is 19.4 Å². The van der Waals surface area contributed by atoms with Crippen molar-refractivity contribution in [3.05, 3.63) is 18.7 Å². The molecule has 6 nitrogen and oxygen atoms in total. The quantitative estimate of drug-likeness (QED) is 0.667. The summed E-state index contributed by atoms with van der Waals surface area (Å²) in [5, 5.41) is 17.2. The lowest BCUT2D eigenvalue weighted by molar-refractivity contribution is -0.137. The highest BCUT2D eigenvalue weighted by Crippen LogP contribution is 1.97. The number of aryl methyl sites for hydroxylation is 1. The summed E-state index contributed by atoms with van der Waals surface area (Å²) in [6.07, 6.45) is 6.29. The molecule has 0 amide bonds. The third-order valence-electron chi connectivity index (χ3n) is 2.39. The Kier molecular flexibility index (Phi) is 5.75. The Labute approximate surface area is 100 Å². The van der Waals surface area contributed by atoms with Crippen molar-refractivity contribution in [3.8, 4) is 6.07 Å². The second-order valence-electron chi connectivity index (χ2n) is 3.73. The first kappa shape index (κ1) is 13.2. The van der Waals surface area contributed by atoms with Crippen LogP contribution in [0.15, 0.2) is 18.7 Å². The van der Waals surface area contributed by atoms with E-state index in [0.717, 1.165) is 19.5 Å². The van der Waals surface area contributed by atoms with E-state index in [-0.39, 0.29) is 13.0 Å². The van der Waals surface area contributed by atoms with E-state index >= 15 is 0 Å². The molecule has 0 aliphatic rings. The molecule has 1 rings (SSSR count). The van der Waals surface area contributed by atoms with E-state index in [9.17, 15) is 4.79 Å². The summed E-state index contributed by atoms with van der Waals surface area (Å²) in [4.78, 5) is 16.2. The van der Waals surface area contributed by atoms with Gasteiger partial charge >= 0.3 is 5.97 Å². The molecule has 0 saturated carbocycles. The van der Waals surface area contributed by atoms with Crippen molar-refractivity contribution >= 4 is 5.97 Å². The average molecular weight is 236 g/mol. The van der Waals surface area contributed by atoms with Crippen LogP contribution < -0.4 is 0 Å². The SMILES string of the molecule is N#CCN(CCCn1ccnc1)CCC(=O)O. The second-order valence-corrected chi connectivity index (χ2v) is 3.73. The van der Waals surface area contributed by atoms with Crippen LogP contribution in [0.4, 0.5) is 0 Å². The number of carbonyl (C=O) groups is 1. The molecular formula is C11H16N4O2. The fraction of sp³-hybridized carbons (Fsp3) is 0.545. The van der Waals surface area contributed by atoms with Gasteiger partial charge < -0.3 is 9.67 Å². The topological polar surface area (TPSA) is 82.2 Å². The first-order valence-corrected chi connectivity index (χ1v) is 5.49. The van der Waals surface area contributed by atoms with Gasteiger partial charge in [0.2, 0.25) is 0 Å². The third-order valence-corrected chi connectivity index (χ3v) is 2.39. The summed E-state index contributed by atoms with van der Waals surface area (Å²) < 4.78 is 1.96. The van der Waals surface area contributed by atoms with Crippen LogP contribution in [-0.2, 0) is 11.3 Å².